The van der Waals surface area contributed by atoms with Crippen LogP contribution >= 0.6 is 0 Å². The number of carbonyl (C=O) groups excluding carboxylic acids is 1. The molecule has 0 atom stereocenters. The zero-order chi connectivity index (χ0) is 17.6. The monoisotopic (exact) mass is 338 g/mol. The Morgan fingerprint density at radius 1 is 1.08 bits per heavy atom. The highest BCUT2D eigenvalue weighted by Crippen LogP contribution is 2.32. The van der Waals surface area contributed by atoms with Crippen LogP contribution in [0, 0.1) is 0 Å². The predicted molar refractivity (Wildman–Crippen MR) is 101 cm³/mol. The van der Waals surface area contributed by atoms with E-state index in [1.54, 1.807) is 0 Å². The summed E-state index contributed by atoms with van der Waals surface area (Å²) < 4.78 is 5.89. The maximum atomic E-state index is 12.5. The van der Waals surface area contributed by atoms with E-state index in [-0.39, 0.29) is 5.91 Å². The number of benzene rings is 2. The van der Waals surface area contributed by atoms with Gasteiger partial charge in [-0.2, -0.15) is 0 Å². The highest BCUT2D eigenvalue weighted by molar-refractivity contribution is 5.96. The first-order valence-corrected chi connectivity index (χ1v) is 8.88. The van der Waals surface area contributed by atoms with E-state index in [1.807, 2.05) is 35.2 Å². The van der Waals surface area contributed by atoms with Gasteiger partial charge in [0, 0.05) is 19.0 Å². The van der Waals surface area contributed by atoms with Gasteiger partial charge in [-0.15, -0.1) is 0 Å². The lowest BCUT2D eigenvalue weighted by molar-refractivity contribution is -0.119. The standard InChI is InChI=1S/C21H26N2O2/c1-22(2)13-6-14-25-19-11-9-18-10-12-21(24)23(20(18)15-19)16-17-7-4-3-5-8-17/h3-5,7-9,11,15H,6,10,12-14,16H2,1-2H3. The van der Waals surface area contributed by atoms with Gasteiger partial charge in [0.15, 0.2) is 0 Å². The predicted octanol–water partition coefficient (Wildman–Crippen LogP) is 3.50. The maximum Gasteiger partial charge on any atom is 0.227 e. The van der Waals surface area contributed by atoms with Gasteiger partial charge >= 0.3 is 0 Å². The fourth-order valence-corrected chi connectivity index (χ4v) is 3.12. The van der Waals surface area contributed by atoms with Crippen molar-refractivity contribution in [2.45, 2.75) is 25.8 Å². The molecule has 1 aliphatic rings. The highest BCUT2D eigenvalue weighted by atomic mass is 16.5. The second kappa shape index (κ2) is 8.17. The van der Waals surface area contributed by atoms with Crippen LogP contribution in [0.1, 0.15) is 24.0 Å². The number of nitrogens with zero attached hydrogens (tertiary/aromatic N) is 2. The fraction of sp³-hybridized carbons (Fsp3) is 0.381. The molecule has 2 aromatic rings. The molecule has 1 aliphatic heterocycles. The number of ether oxygens (including phenoxy) is 1. The number of carbonyl (C=O) groups is 1. The second-order valence-electron chi connectivity index (χ2n) is 6.76. The van der Waals surface area contributed by atoms with Crippen molar-refractivity contribution in [3.05, 3.63) is 59.7 Å². The normalized spacial score (nSPS) is 13.9. The molecule has 4 nitrogen and oxygen atoms in total. The zero-order valence-corrected chi connectivity index (χ0v) is 15.1. The summed E-state index contributed by atoms with van der Waals surface area (Å²) in [5, 5.41) is 0. The average Bonchev–Trinajstić information content (AvgIpc) is 2.62. The van der Waals surface area contributed by atoms with Crippen LogP contribution in [-0.4, -0.2) is 38.1 Å². The van der Waals surface area contributed by atoms with Crippen LogP contribution in [0.25, 0.3) is 0 Å². The van der Waals surface area contributed by atoms with Crippen molar-refractivity contribution in [1.29, 1.82) is 0 Å². The second-order valence-corrected chi connectivity index (χ2v) is 6.76. The van der Waals surface area contributed by atoms with Crippen molar-refractivity contribution in [3.8, 4) is 5.75 Å². The van der Waals surface area contributed by atoms with Crippen molar-refractivity contribution >= 4 is 11.6 Å². The molecule has 0 saturated carbocycles. The molecule has 0 aromatic heterocycles. The topological polar surface area (TPSA) is 32.8 Å². The van der Waals surface area contributed by atoms with Crippen molar-refractivity contribution in [2.75, 3.05) is 32.1 Å². The molecule has 2 aromatic carbocycles. The molecule has 0 bridgehead atoms. The van der Waals surface area contributed by atoms with Gasteiger partial charge in [0.25, 0.3) is 0 Å². The quantitative estimate of drug-likeness (QED) is 0.725. The summed E-state index contributed by atoms with van der Waals surface area (Å²) in [5.41, 5.74) is 3.35. The summed E-state index contributed by atoms with van der Waals surface area (Å²) in [4.78, 5) is 16.5. The van der Waals surface area contributed by atoms with E-state index >= 15 is 0 Å². The van der Waals surface area contributed by atoms with Gasteiger partial charge in [-0.05, 0) is 44.1 Å². The van der Waals surface area contributed by atoms with E-state index in [4.69, 9.17) is 4.74 Å². The summed E-state index contributed by atoms with van der Waals surface area (Å²) in [7, 11) is 4.12. The molecule has 4 heteroatoms. The van der Waals surface area contributed by atoms with Crippen LogP contribution in [0.2, 0.25) is 0 Å². The third kappa shape index (κ3) is 4.60. The van der Waals surface area contributed by atoms with Crippen molar-refractivity contribution in [1.82, 2.24) is 4.90 Å². The summed E-state index contributed by atoms with van der Waals surface area (Å²) >= 11 is 0. The van der Waals surface area contributed by atoms with E-state index in [2.05, 4.69) is 37.2 Å². The summed E-state index contributed by atoms with van der Waals surface area (Å²) in [6.07, 6.45) is 2.36. The molecular weight excluding hydrogens is 312 g/mol. The highest BCUT2D eigenvalue weighted by Gasteiger charge is 2.24. The molecule has 0 N–H and O–H groups in total. The number of amides is 1. The Morgan fingerprint density at radius 2 is 1.88 bits per heavy atom. The minimum Gasteiger partial charge on any atom is -0.493 e. The Balaban J connectivity index is 1.74. The van der Waals surface area contributed by atoms with Crippen LogP contribution in [-0.2, 0) is 17.8 Å². The van der Waals surface area contributed by atoms with E-state index in [0.717, 1.165) is 36.4 Å². The lowest BCUT2D eigenvalue weighted by Crippen LogP contribution is -2.34. The summed E-state index contributed by atoms with van der Waals surface area (Å²) in [5.74, 6) is 1.02. The number of aryl methyl sites for hydroxylation is 1. The Kier molecular flexibility index (Phi) is 5.71. The van der Waals surface area contributed by atoms with Crippen LogP contribution in [0.3, 0.4) is 0 Å². The number of hydrogen-bond donors (Lipinski definition) is 0. The third-order valence-electron chi connectivity index (χ3n) is 4.46. The van der Waals surface area contributed by atoms with Gasteiger partial charge in [-0.25, -0.2) is 0 Å². The SMILES string of the molecule is CN(C)CCCOc1ccc2c(c1)N(Cc1ccccc1)C(=O)CC2. The molecule has 132 valence electrons. The Hall–Kier alpha value is -2.33. The maximum absolute atomic E-state index is 12.5. The van der Waals surface area contributed by atoms with Crippen molar-refractivity contribution in [2.24, 2.45) is 0 Å². The van der Waals surface area contributed by atoms with Gasteiger partial charge < -0.3 is 14.5 Å². The van der Waals surface area contributed by atoms with Gasteiger partial charge in [0.05, 0.1) is 18.8 Å². The van der Waals surface area contributed by atoms with Gasteiger partial charge in [-0.3, -0.25) is 4.79 Å². The molecular formula is C21H26N2O2. The Bertz CT molecular complexity index is 713. The molecule has 0 radical (unpaired) electrons. The molecule has 0 spiro atoms. The molecule has 3 rings (SSSR count). The van der Waals surface area contributed by atoms with E-state index in [9.17, 15) is 4.79 Å². The molecule has 0 unspecified atom stereocenters. The van der Waals surface area contributed by atoms with Crippen LogP contribution < -0.4 is 9.64 Å². The molecule has 0 fully saturated rings. The van der Waals surface area contributed by atoms with E-state index < -0.39 is 0 Å². The first kappa shape index (κ1) is 17.5. The van der Waals surface area contributed by atoms with Gasteiger partial charge in [0.2, 0.25) is 5.91 Å². The Morgan fingerprint density at radius 3 is 2.64 bits per heavy atom. The lowest BCUT2D eigenvalue weighted by atomic mass is 10.00. The molecule has 25 heavy (non-hydrogen) atoms. The molecule has 1 amide bonds. The minimum absolute atomic E-state index is 0.182. The van der Waals surface area contributed by atoms with Crippen LogP contribution in [0.4, 0.5) is 5.69 Å². The fourth-order valence-electron chi connectivity index (χ4n) is 3.12. The van der Waals surface area contributed by atoms with Gasteiger partial charge in [0.1, 0.15) is 5.75 Å². The number of hydrogen-bond acceptors (Lipinski definition) is 3. The summed E-state index contributed by atoms with van der Waals surface area (Å²) in [6.45, 7) is 2.30. The first-order chi connectivity index (χ1) is 12.1. The Labute approximate surface area is 150 Å². The van der Waals surface area contributed by atoms with Crippen molar-refractivity contribution in [3.63, 3.8) is 0 Å². The average molecular weight is 338 g/mol. The largest absolute Gasteiger partial charge is 0.493 e. The molecule has 1 heterocycles. The van der Waals surface area contributed by atoms with Crippen LogP contribution in [0.5, 0.6) is 5.75 Å². The summed E-state index contributed by atoms with van der Waals surface area (Å²) in [6, 6.07) is 16.3. The first-order valence-electron chi connectivity index (χ1n) is 8.88. The van der Waals surface area contributed by atoms with E-state index in [0.29, 0.717) is 19.6 Å². The van der Waals surface area contributed by atoms with Crippen LogP contribution in [0.15, 0.2) is 48.5 Å². The smallest absolute Gasteiger partial charge is 0.227 e. The number of rotatable bonds is 7. The van der Waals surface area contributed by atoms with Gasteiger partial charge in [-0.1, -0.05) is 36.4 Å². The van der Waals surface area contributed by atoms with E-state index in [1.165, 1.54) is 5.56 Å². The lowest BCUT2D eigenvalue weighted by Gasteiger charge is -2.30. The third-order valence-corrected chi connectivity index (χ3v) is 4.46. The minimum atomic E-state index is 0.182. The molecule has 0 aliphatic carbocycles. The number of fused-ring (bicyclic) bond motifs is 1. The zero-order valence-electron chi connectivity index (χ0n) is 15.1. The van der Waals surface area contributed by atoms with Crippen molar-refractivity contribution < 1.29 is 9.53 Å². The molecule has 0 saturated heterocycles. The number of anilines is 1.